The van der Waals surface area contributed by atoms with Gasteiger partial charge >= 0.3 is 23.9 Å². The minimum Gasteiger partial charge on any atom is -0.508 e. The number of unbranched alkanes of at least 4 members (excludes halogenated alkanes) is 2. The first-order chi connectivity index (χ1) is 52.7. The molecule has 0 aliphatic heterocycles. The molecule has 42 nitrogen and oxygen atoms in total. The number of carboxylic acids is 4. The molecule has 0 bridgehead atoms. The number of phenolic OH excluding ortho intramolecular Hbond substituents is 1. The smallest absolute Gasteiger partial charge is 0.326 e. The Bertz CT molecular complexity index is 3470. The Morgan fingerprint density at radius 3 is 1.06 bits per heavy atom. The molecule has 2 aromatic rings. The lowest BCUT2D eigenvalue weighted by atomic mass is 10.0. The summed E-state index contributed by atoms with van der Waals surface area (Å²) in [5.41, 5.74) is 23.4. The van der Waals surface area contributed by atoms with Crippen molar-refractivity contribution in [3.05, 3.63) is 48.0 Å². The second-order valence-electron chi connectivity index (χ2n) is 28.1. The van der Waals surface area contributed by atoms with Gasteiger partial charge in [-0.05, 0) is 126 Å². The Labute approximate surface area is 645 Å². The lowest BCUT2D eigenvalue weighted by Crippen LogP contribution is -2.62. The molecule has 0 saturated carbocycles. The maximum absolute atomic E-state index is 14.5. The van der Waals surface area contributed by atoms with Gasteiger partial charge in [-0.2, -0.15) is 0 Å². The van der Waals surface area contributed by atoms with E-state index in [2.05, 4.69) is 73.8 Å². The fourth-order valence-corrected chi connectivity index (χ4v) is 11.1. The monoisotopic (exact) mass is 1590 g/mol. The third-order valence-electron chi connectivity index (χ3n) is 17.0. The van der Waals surface area contributed by atoms with E-state index >= 15 is 0 Å². The number of carbonyl (C=O) groups is 17. The first kappa shape index (κ1) is 97.1. The number of carbonyl (C=O) groups excluding carboxylic acids is 13. The average molecular weight is 1590 g/mol. The highest BCUT2D eigenvalue weighted by Crippen LogP contribution is 2.16. The van der Waals surface area contributed by atoms with Crippen molar-refractivity contribution in [2.75, 3.05) is 26.3 Å². The van der Waals surface area contributed by atoms with E-state index in [4.69, 9.17) is 22.9 Å². The van der Waals surface area contributed by atoms with Crippen molar-refractivity contribution in [1.82, 2.24) is 73.8 Å². The summed E-state index contributed by atoms with van der Waals surface area (Å²) in [7, 11) is 0. The van der Waals surface area contributed by atoms with E-state index in [1.54, 1.807) is 27.7 Å². The number of nitrogens with zero attached hydrogens (tertiary/aromatic N) is 1. The number of amides is 13. The quantitative estimate of drug-likeness (QED) is 0.0274. The van der Waals surface area contributed by atoms with Crippen LogP contribution in [0.15, 0.2) is 36.8 Å². The number of aliphatic carboxylic acids is 4. The van der Waals surface area contributed by atoms with Gasteiger partial charge in [-0.25, -0.2) is 9.78 Å². The third-order valence-corrected chi connectivity index (χ3v) is 17.0. The minimum atomic E-state index is -2.06. The SMILES string of the molecule is CC(C)C[C@H](NC(=O)[C@H](Cc1c[nH]cn1)NC(=O)[C@H](CCC(=O)O)NC(=O)[C@H](CC(C)C)NC(=O)[C@H](CO)NC(=O)[C@H](CCC(=O)O)NC(=O)[C@H](CCC(=O)O)NC(=O)[C@H](Cc1ccc(O)cc1)NC(=O)[C@H](CO)NC(=O)[C@H](CC(N)=O)NC(=O)[C@H](CCCCN)NC(=O)[C@H](CCCCN)NC(=O)[C@@H](N)CC(C)C)C(=O)O. The second kappa shape index (κ2) is 50.7. The van der Waals surface area contributed by atoms with Crippen molar-refractivity contribution in [3.63, 3.8) is 0 Å². The minimum absolute atomic E-state index is 0.0134. The largest absolute Gasteiger partial charge is 0.508 e. The molecule has 42 heteroatoms. The Hall–Kier alpha value is -11.0. The number of H-pyrrole nitrogens is 1. The van der Waals surface area contributed by atoms with Crippen LogP contribution in [0.1, 0.15) is 156 Å². The van der Waals surface area contributed by atoms with Crippen molar-refractivity contribution in [2.24, 2.45) is 40.7 Å². The Kier molecular flexibility index (Phi) is 44.0. The number of rotatable bonds is 56. The van der Waals surface area contributed by atoms with Gasteiger partial charge in [0.1, 0.15) is 78.3 Å². The van der Waals surface area contributed by atoms with E-state index in [-0.39, 0.29) is 86.9 Å². The zero-order chi connectivity index (χ0) is 84.5. The van der Waals surface area contributed by atoms with Crippen LogP contribution in [0.2, 0.25) is 0 Å². The highest BCUT2D eigenvalue weighted by atomic mass is 16.4. The highest BCUT2D eigenvalue weighted by Gasteiger charge is 2.39. The van der Waals surface area contributed by atoms with Gasteiger partial charge in [0.2, 0.25) is 76.8 Å². The number of nitrogens with two attached hydrogens (primary N) is 4. The zero-order valence-electron chi connectivity index (χ0n) is 63.6. The summed E-state index contributed by atoms with van der Waals surface area (Å²) in [4.78, 5) is 236. The number of hydrogen-bond acceptors (Lipinski definition) is 24. The molecule has 28 N–H and O–H groups in total. The molecule has 0 radical (unpaired) electrons. The van der Waals surface area contributed by atoms with Crippen molar-refractivity contribution in [1.29, 1.82) is 0 Å². The molecule has 0 fully saturated rings. The lowest BCUT2D eigenvalue weighted by molar-refractivity contribution is -0.143. The Morgan fingerprint density at radius 1 is 0.393 bits per heavy atom. The number of aromatic amines is 1. The van der Waals surface area contributed by atoms with Crippen LogP contribution < -0.4 is 86.7 Å². The molecule has 0 saturated heterocycles. The molecule has 1 heterocycles. The highest BCUT2D eigenvalue weighted by molar-refractivity contribution is 6.01. The van der Waals surface area contributed by atoms with Crippen LogP contribution in [-0.4, -0.2) is 251 Å². The van der Waals surface area contributed by atoms with Crippen LogP contribution in [0.3, 0.4) is 0 Å². The van der Waals surface area contributed by atoms with Crippen molar-refractivity contribution in [3.8, 4) is 5.75 Å². The van der Waals surface area contributed by atoms with Gasteiger partial charge in [-0.15, -0.1) is 0 Å². The fraction of sp³-hybridized carbons (Fsp3) is 0.629. The summed E-state index contributed by atoms with van der Waals surface area (Å²) in [6.45, 7) is 8.19. The molecule has 13 atom stereocenters. The molecular weight excluding hydrogens is 1480 g/mol. The number of imidazole rings is 1. The first-order valence-corrected chi connectivity index (χ1v) is 36.7. The van der Waals surface area contributed by atoms with Gasteiger partial charge in [0, 0.05) is 38.3 Å². The number of aliphatic hydroxyl groups excluding tert-OH is 2. The summed E-state index contributed by atoms with van der Waals surface area (Å²) >= 11 is 0. The molecule has 112 heavy (non-hydrogen) atoms. The summed E-state index contributed by atoms with van der Waals surface area (Å²) in [5.74, 6) is -21.8. The summed E-state index contributed by atoms with van der Waals surface area (Å²) < 4.78 is 0. The Balaban J connectivity index is 2.55. The number of aromatic nitrogens is 2. The van der Waals surface area contributed by atoms with E-state index in [0.717, 1.165) is 0 Å². The number of benzene rings is 1. The van der Waals surface area contributed by atoms with Gasteiger partial charge < -0.3 is 127 Å². The number of carboxylic acid groups (broad SMARTS) is 4. The van der Waals surface area contributed by atoms with Crippen LogP contribution in [0.5, 0.6) is 5.75 Å². The third kappa shape index (κ3) is 37.6. The van der Waals surface area contributed by atoms with Crippen molar-refractivity contribution >= 4 is 101 Å². The van der Waals surface area contributed by atoms with Crippen LogP contribution in [0, 0.1) is 17.8 Å². The number of nitrogens with one attached hydrogen (secondary N) is 13. The number of hydrogen-bond donors (Lipinski definition) is 24. The summed E-state index contributed by atoms with van der Waals surface area (Å²) in [6.07, 6.45) is -2.55. The predicted octanol–water partition coefficient (Wildman–Crippen LogP) is -6.02. The molecular formula is C70H112N18O24. The van der Waals surface area contributed by atoms with Crippen LogP contribution >= 0.6 is 0 Å². The molecule has 0 unspecified atom stereocenters. The Morgan fingerprint density at radius 2 is 0.705 bits per heavy atom. The standard InChI is InChI=1S/C70H112N18O24/c1-35(2)25-41(73)58(99)77-42(11-7-9-23-71)59(100)78-43(12-8-10-24-72)60(101)85-50(30-54(74)92)67(108)88-53(33-90)69(110)83-48(28-38-13-15-40(91)16-14-38)65(106)81-44(17-20-55(93)94)61(102)79-46(19-22-57(97)98)63(104)87-52(32-89)68(109)82-47(26-36(3)4)64(105)80-45(18-21-56(95)96)62(103)84-49(29-39-31-75-34-76-39)66(107)86-51(70(111)112)27-37(5)6/h13-16,31,34-37,41-53,89-91H,7-12,17-30,32-33,71-73H2,1-6H3,(H2,74,92)(H,75,76)(H,77,99)(H,78,100)(H,79,102)(H,80,105)(H,81,106)(H,82,109)(H,83,110)(H,84,103)(H,85,101)(H,86,107)(H,87,104)(H,88,108)(H,93,94)(H,95,96)(H,97,98)(H,111,112)/t41-,42-,43-,44-,45-,46-,47-,48-,49-,50-,51-,52-,53-/m0/s1. The summed E-state index contributed by atoms with van der Waals surface area (Å²) in [6, 6.07) is -17.1. The van der Waals surface area contributed by atoms with E-state index in [0.29, 0.717) is 19.3 Å². The fourth-order valence-electron chi connectivity index (χ4n) is 11.1. The van der Waals surface area contributed by atoms with E-state index < -0.39 is 250 Å². The average Bonchev–Trinajstić information content (AvgIpc) is 1.01. The second-order valence-corrected chi connectivity index (χ2v) is 28.1. The van der Waals surface area contributed by atoms with Gasteiger partial charge in [0.05, 0.1) is 37.7 Å². The molecule has 13 amide bonds. The van der Waals surface area contributed by atoms with Gasteiger partial charge in [-0.1, -0.05) is 53.7 Å². The van der Waals surface area contributed by atoms with E-state index in [9.17, 15) is 117 Å². The molecule has 0 aliphatic rings. The normalized spacial score (nSPS) is 14.7. The number of primary amides is 1. The van der Waals surface area contributed by atoms with Gasteiger partial charge in [-0.3, -0.25) is 76.7 Å². The van der Waals surface area contributed by atoms with Gasteiger partial charge in [0.25, 0.3) is 0 Å². The molecule has 0 aliphatic carbocycles. The van der Waals surface area contributed by atoms with E-state index in [1.165, 1.54) is 36.8 Å². The molecule has 626 valence electrons. The number of aliphatic hydroxyl groups is 2. The van der Waals surface area contributed by atoms with Crippen molar-refractivity contribution in [2.45, 2.75) is 236 Å². The predicted molar refractivity (Wildman–Crippen MR) is 396 cm³/mol. The topological polar surface area (TPSA) is 709 Å². The maximum Gasteiger partial charge on any atom is 0.326 e. The molecule has 1 aromatic carbocycles. The molecule has 1 aromatic heterocycles. The lowest BCUT2D eigenvalue weighted by Gasteiger charge is -2.28. The zero-order valence-corrected chi connectivity index (χ0v) is 63.6. The maximum atomic E-state index is 14.5. The van der Waals surface area contributed by atoms with E-state index in [1.807, 2.05) is 13.8 Å². The number of aromatic hydroxyl groups is 1. The van der Waals surface area contributed by atoms with Crippen molar-refractivity contribution < 1.29 is 117 Å². The summed E-state index contributed by atoms with van der Waals surface area (Å²) in [5, 5.41) is 98.3. The van der Waals surface area contributed by atoms with Crippen LogP contribution in [0.25, 0.3) is 0 Å². The van der Waals surface area contributed by atoms with Crippen LogP contribution in [0.4, 0.5) is 0 Å². The molecule has 0 spiro atoms. The number of phenols is 1. The van der Waals surface area contributed by atoms with Gasteiger partial charge in [0.15, 0.2) is 0 Å². The molecule has 2 rings (SSSR count). The van der Waals surface area contributed by atoms with Crippen LogP contribution in [-0.2, 0) is 94.3 Å². The first-order valence-electron chi connectivity index (χ1n) is 36.7.